The number of methoxy groups -OCH3 is 5. The molecular formula is C28H39N3O6S. The van der Waals surface area contributed by atoms with Crippen molar-refractivity contribution in [3.63, 3.8) is 0 Å². The Hall–Kier alpha value is -2.95. The largest absolute Gasteiger partial charge is 0.493 e. The van der Waals surface area contributed by atoms with Crippen molar-refractivity contribution < 1.29 is 28.4 Å². The zero-order chi connectivity index (χ0) is 27.1. The van der Waals surface area contributed by atoms with E-state index in [4.69, 9.17) is 40.6 Å². The van der Waals surface area contributed by atoms with Crippen molar-refractivity contribution in [1.29, 1.82) is 0 Å². The maximum Gasteiger partial charge on any atom is 0.203 e. The Morgan fingerprint density at radius 1 is 0.868 bits per heavy atom. The number of thiocarbonyl (C=S) groups is 1. The first-order valence-corrected chi connectivity index (χ1v) is 13.3. The number of rotatable bonds is 10. The summed E-state index contributed by atoms with van der Waals surface area (Å²) in [7, 11) is 8.17. The van der Waals surface area contributed by atoms with Crippen molar-refractivity contribution in [1.82, 2.24) is 15.1 Å². The van der Waals surface area contributed by atoms with Crippen molar-refractivity contribution in [2.45, 2.75) is 18.9 Å². The summed E-state index contributed by atoms with van der Waals surface area (Å²) in [5.74, 6) is 3.14. The molecule has 2 aromatic carbocycles. The molecule has 4 rings (SSSR count). The Balaban J connectivity index is 1.65. The molecule has 1 fully saturated rings. The standard InChI is InChI=1S/C28H39N3O6S/c1-32-22-15-19-7-10-31(28(38)29-8-6-9-30-11-13-37-14-12-30)26(21(19)18-23(22)33-2)20-16-24(34-3)27(36-5)25(17-20)35-4/h15-18,26H,6-14H2,1-5H3,(H,29,38)/t26-/m1/s1. The predicted molar refractivity (Wildman–Crippen MR) is 150 cm³/mol. The highest BCUT2D eigenvalue weighted by Gasteiger charge is 2.33. The molecule has 0 saturated carbocycles. The number of nitrogens with zero attached hydrogens (tertiary/aromatic N) is 2. The van der Waals surface area contributed by atoms with Gasteiger partial charge in [0.25, 0.3) is 0 Å². The van der Waals surface area contributed by atoms with Gasteiger partial charge in [0, 0.05) is 26.2 Å². The van der Waals surface area contributed by atoms with Gasteiger partial charge in [-0.3, -0.25) is 4.90 Å². The molecule has 0 bridgehead atoms. The topological polar surface area (TPSA) is 73.9 Å². The van der Waals surface area contributed by atoms with Gasteiger partial charge in [-0.25, -0.2) is 0 Å². The van der Waals surface area contributed by atoms with E-state index in [1.54, 1.807) is 35.5 Å². The summed E-state index contributed by atoms with van der Waals surface area (Å²) in [6.07, 6.45) is 1.83. The second-order valence-electron chi connectivity index (χ2n) is 9.25. The minimum absolute atomic E-state index is 0.188. The molecule has 10 heteroatoms. The van der Waals surface area contributed by atoms with Gasteiger partial charge < -0.3 is 38.6 Å². The average Bonchev–Trinajstić information content (AvgIpc) is 2.97. The minimum atomic E-state index is -0.188. The molecule has 38 heavy (non-hydrogen) atoms. The molecule has 2 aliphatic rings. The minimum Gasteiger partial charge on any atom is -0.493 e. The summed E-state index contributed by atoms with van der Waals surface area (Å²) in [4.78, 5) is 4.67. The molecule has 9 nitrogen and oxygen atoms in total. The third-order valence-electron chi connectivity index (χ3n) is 7.17. The van der Waals surface area contributed by atoms with Crippen LogP contribution >= 0.6 is 12.2 Å². The fraction of sp³-hybridized carbons (Fsp3) is 0.536. The molecule has 0 amide bonds. The second-order valence-corrected chi connectivity index (χ2v) is 9.64. The predicted octanol–water partition coefficient (Wildman–Crippen LogP) is 3.27. The first-order chi connectivity index (χ1) is 18.5. The fourth-order valence-corrected chi connectivity index (χ4v) is 5.51. The first-order valence-electron chi connectivity index (χ1n) is 12.9. The fourth-order valence-electron chi connectivity index (χ4n) is 5.21. The number of hydrogen-bond acceptors (Lipinski definition) is 8. The first kappa shape index (κ1) is 28.1. The van der Waals surface area contributed by atoms with Crippen LogP contribution in [0.2, 0.25) is 0 Å². The summed E-state index contributed by atoms with van der Waals surface area (Å²) >= 11 is 5.97. The second kappa shape index (κ2) is 13.2. The lowest BCUT2D eigenvalue weighted by Crippen LogP contribution is -2.46. The Bertz CT molecular complexity index is 1080. The van der Waals surface area contributed by atoms with Gasteiger partial charge >= 0.3 is 0 Å². The molecule has 0 spiro atoms. The number of ether oxygens (including phenoxy) is 6. The number of hydrogen-bond donors (Lipinski definition) is 1. The molecule has 0 aliphatic carbocycles. The number of morpholine rings is 1. The highest BCUT2D eigenvalue weighted by atomic mass is 32.1. The van der Waals surface area contributed by atoms with Gasteiger partial charge in [-0.1, -0.05) is 0 Å². The van der Waals surface area contributed by atoms with Crippen LogP contribution in [0.25, 0.3) is 0 Å². The summed E-state index contributed by atoms with van der Waals surface area (Å²) in [5.41, 5.74) is 3.26. The Morgan fingerprint density at radius 2 is 1.50 bits per heavy atom. The van der Waals surface area contributed by atoms with Gasteiger partial charge in [0.2, 0.25) is 5.75 Å². The Kier molecular flexibility index (Phi) is 9.76. The Morgan fingerprint density at radius 3 is 2.11 bits per heavy atom. The van der Waals surface area contributed by atoms with Gasteiger partial charge in [0.05, 0.1) is 54.8 Å². The molecule has 0 radical (unpaired) electrons. The van der Waals surface area contributed by atoms with E-state index in [1.165, 1.54) is 5.56 Å². The van der Waals surface area contributed by atoms with Crippen molar-refractivity contribution in [2.75, 3.05) is 81.5 Å². The lowest BCUT2D eigenvalue weighted by atomic mass is 9.87. The van der Waals surface area contributed by atoms with Crippen LogP contribution in [0.4, 0.5) is 0 Å². The summed E-state index contributed by atoms with van der Waals surface area (Å²) in [6.45, 7) is 6.17. The van der Waals surface area contributed by atoms with E-state index in [2.05, 4.69) is 27.2 Å². The highest BCUT2D eigenvalue weighted by Crippen LogP contribution is 2.45. The molecular weight excluding hydrogens is 506 g/mol. The zero-order valence-corrected chi connectivity index (χ0v) is 23.8. The quantitative estimate of drug-likeness (QED) is 0.355. The van der Waals surface area contributed by atoms with E-state index in [9.17, 15) is 0 Å². The molecule has 1 saturated heterocycles. The summed E-state index contributed by atoms with van der Waals surface area (Å²) < 4.78 is 33.7. The molecule has 208 valence electrons. The van der Waals surface area contributed by atoms with Crippen molar-refractivity contribution in [3.8, 4) is 28.7 Å². The molecule has 2 aliphatic heterocycles. The van der Waals surface area contributed by atoms with Crippen LogP contribution in [-0.4, -0.2) is 96.4 Å². The van der Waals surface area contributed by atoms with Gasteiger partial charge in [0.15, 0.2) is 28.1 Å². The van der Waals surface area contributed by atoms with E-state index in [-0.39, 0.29) is 6.04 Å². The molecule has 0 unspecified atom stereocenters. The lowest BCUT2D eigenvalue weighted by Gasteiger charge is -2.40. The maximum absolute atomic E-state index is 5.97. The van der Waals surface area contributed by atoms with Crippen molar-refractivity contribution in [2.24, 2.45) is 0 Å². The van der Waals surface area contributed by atoms with Gasteiger partial charge in [-0.15, -0.1) is 0 Å². The smallest absolute Gasteiger partial charge is 0.203 e. The van der Waals surface area contributed by atoms with E-state index in [1.807, 2.05) is 12.1 Å². The van der Waals surface area contributed by atoms with Gasteiger partial charge in [-0.05, 0) is 72.6 Å². The van der Waals surface area contributed by atoms with Crippen molar-refractivity contribution >= 4 is 17.3 Å². The third kappa shape index (κ3) is 6.03. The molecule has 0 aromatic heterocycles. The van der Waals surface area contributed by atoms with Gasteiger partial charge in [0.1, 0.15) is 0 Å². The van der Waals surface area contributed by atoms with Gasteiger partial charge in [-0.2, -0.15) is 0 Å². The SMILES string of the molecule is COc1cc2c(cc1OC)[C@@H](c1cc(OC)c(OC)c(OC)c1)N(C(=S)NCCCN1CCOCC1)CC2. The summed E-state index contributed by atoms with van der Waals surface area (Å²) in [6, 6.07) is 7.91. The van der Waals surface area contributed by atoms with E-state index >= 15 is 0 Å². The summed E-state index contributed by atoms with van der Waals surface area (Å²) in [5, 5.41) is 4.22. The highest BCUT2D eigenvalue weighted by molar-refractivity contribution is 7.80. The molecule has 1 N–H and O–H groups in total. The number of nitrogens with one attached hydrogen (secondary N) is 1. The van der Waals surface area contributed by atoms with Crippen LogP contribution in [0.3, 0.4) is 0 Å². The van der Waals surface area contributed by atoms with Crippen molar-refractivity contribution in [3.05, 3.63) is 41.0 Å². The third-order valence-corrected chi connectivity index (χ3v) is 7.55. The van der Waals surface area contributed by atoms with Crippen LogP contribution in [0.1, 0.15) is 29.2 Å². The average molecular weight is 546 g/mol. The zero-order valence-electron chi connectivity index (χ0n) is 23.0. The molecule has 1 atom stereocenters. The van der Waals surface area contributed by atoms with E-state index in [0.717, 1.165) is 69.9 Å². The maximum atomic E-state index is 5.97. The van der Waals surface area contributed by atoms with Crippen LogP contribution in [0.5, 0.6) is 28.7 Å². The number of fused-ring (bicyclic) bond motifs is 1. The molecule has 2 heterocycles. The number of benzene rings is 2. The van der Waals surface area contributed by atoms with Crippen LogP contribution in [-0.2, 0) is 11.2 Å². The van der Waals surface area contributed by atoms with Crippen LogP contribution in [0.15, 0.2) is 24.3 Å². The normalized spacial score (nSPS) is 17.4. The van der Waals surface area contributed by atoms with E-state index in [0.29, 0.717) is 33.9 Å². The lowest BCUT2D eigenvalue weighted by molar-refractivity contribution is 0.0375. The van der Waals surface area contributed by atoms with Crippen LogP contribution < -0.4 is 29.0 Å². The van der Waals surface area contributed by atoms with E-state index < -0.39 is 0 Å². The van der Waals surface area contributed by atoms with Crippen LogP contribution in [0, 0.1) is 0 Å². The molecule has 2 aromatic rings. The monoisotopic (exact) mass is 545 g/mol. The Labute approximate surface area is 230 Å².